The van der Waals surface area contributed by atoms with Gasteiger partial charge in [-0.1, -0.05) is 48.1 Å². The first-order valence-electron chi connectivity index (χ1n) is 8.00. The Morgan fingerprint density at radius 1 is 1.18 bits per heavy atom. The minimum atomic E-state index is -0.907. The van der Waals surface area contributed by atoms with Gasteiger partial charge in [-0.05, 0) is 61.1 Å². The average Bonchev–Trinajstić information content (AvgIpc) is 3.08. The molecular weight excluding hydrogens is 272 g/mol. The van der Waals surface area contributed by atoms with E-state index in [-0.39, 0.29) is 0 Å². The Bertz CT molecular complexity index is 647. The minimum absolute atomic E-state index is 0.737. The van der Waals surface area contributed by atoms with E-state index >= 15 is 0 Å². The van der Waals surface area contributed by atoms with Crippen LogP contribution in [0.1, 0.15) is 43.7 Å². The molecule has 2 aliphatic carbocycles. The van der Waals surface area contributed by atoms with E-state index in [4.69, 9.17) is 5.11 Å². The lowest BCUT2D eigenvalue weighted by Crippen LogP contribution is -1.97. The van der Waals surface area contributed by atoms with Crippen molar-refractivity contribution in [3.05, 3.63) is 58.7 Å². The van der Waals surface area contributed by atoms with Crippen LogP contribution in [0.5, 0.6) is 0 Å². The van der Waals surface area contributed by atoms with Crippen LogP contribution in [-0.2, 0) is 4.79 Å². The fourth-order valence-corrected chi connectivity index (χ4v) is 3.66. The topological polar surface area (TPSA) is 37.3 Å². The van der Waals surface area contributed by atoms with E-state index in [1.165, 1.54) is 37.3 Å². The summed E-state index contributed by atoms with van der Waals surface area (Å²) >= 11 is 0. The molecule has 2 fully saturated rings. The van der Waals surface area contributed by atoms with Gasteiger partial charge in [0.15, 0.2) is 0 Å². The molecule has 0 heterocycles. The third-order valence-corrected chi connectivity index (χ3v) is 4.77. The molecule has 1 aromatic carbocycles. The van der Waals surface area contributed by atoms with Crippen molar-refractivity contribution in [3.8, 4) is 0 Å². The highest BCUT2D eigenvalue weighted by atomic mass is 16.4. The second-order valence-corrected chi connectivity index (χ2v) is 6.53. The van der Waals surface area contributed by atoms with Crippen LogP contribution in [0.15, 0.2) is 47.6 Å². The highest BCUT2D eigenvalue weighted by Crippen LogP contribution is 2.48. The summed E-state index contributed by atoms with van der Waals surface area (Å²) in [5.74, 6) is 0.880. The van der Waals surface area contributed by atoms with Crippen molar-refractivity contribution in [3.63, 3.8) is 0 Å². The summed E-state index contributed by atoms with van der Waals surface area (Å²) in [6.45, 7) is 1.79. The first-order valence-corrected chi connectivity index (χ1v) is 8.00. The molecule has 0 radical (unpaired) electrons. The summed E-state index contributed by atoms with van der Waals surface area (Å²) < 4.78 is 0. The third kappa shape index (κ3) is 3.56. The average molecular weight is 294 g/mol. The Labute approximate surface area is 131 Å². The summed E-state index contributed by atoms with van der Waals surface area (Å²) in [6, 6.07) is 8.47. The number of aliphatic carboxylic acids is 1. The van der Waals surface area contributed by atoms with Crippen LogP contribution in [0.25, 0.3) is 12.2 Å². The fraction of sp³-hybridized carbons (Fsp3) is 0.350. The lowest BCUT2D eigenvalue weighted by molar-refractivity contribution is -0.131. The second-order valence-electron chi connectivity index (χ2n) is 6.53. The molecule has 1 N–H and O–H groups in total. The van der Waals surface area contributed by atoms with E-state index in [1.54, 1.807) is 12.5 Å². The van der Waals surface area contributed by atoms with Crippen molar-refractivity contribution >= 4 is 18.1 Å². The molecule has 0 saturated heterocycles. The highest BCUT2D eigenvalue weighted by molar-refractivity contribution is 5.81. The highest BCUT2D eigenvalue weighted by Gasteiger charge is 2.34. The second kappa shape index (κ2) is 6.35. The summed E-state index contributed by atoms with van der Waals surface area (Å²) in [7, 11) is 0. The standard InChI is InChI=1S/C20H22O2/c1-14(10-20(21)22)2-3-15-4-6-16(7-5-15)11-19-13-17-8-9-18(19)12-17/h2-7,10-11,17-18H,8-9,12-13H2,1H3,(H,21,22). The lowest BCUT2D eigenvalue weighted by Gasteiger charge is -2.13. The zero-order valence-corrected chi connectivity index (χ0v) is 13.0. The zero-order chi connectivity index (χ0) is 15.5. The Morgan fingerprint density at radius 2 is 1.91 bits per heavy atom. The number of carboxylic acids is 1. The van der Waals surface area contributed by atoms with Crippen molar-refractivity contribution in [2.75, 3.05) is 0 Å². The monoisotopic (exact) mass is 294 g/mol. The summed E-state index contributed by atoms with van der Waals surface area (Å²) in [5.41, 5.74) is 4.74. The molecule has 2 saturated carbocycles. The molecule has 2 bridgehead atoms. The molecule has 1 aromatic rings. The maximum atomic E-state index is 10.6. The molecule has 3 rings (SSSR count). The van der Waals surface area contributed by atoms with Gasteiger partial charge in [-0.3, -0.25) is 0 Å². The zero-order valence-electron chi connectivity index (χ0n) is 13.0. The van der Waals surface area contributed by atoms with E-state index in [0.29, 0.717) is 0 Å². The molecule has 2 aliphatic rings. The molecule has 0 aliphatic heterocycles. The molecule has 114 valence electrons. The number of carbonyl (C=O) groups is 1. The van der Waals surface area contributed by atoms with Crippen molar-refractivity contribution in [2.45, 2.75) is 32.6 Å². The molecule has 22 heavy (non-hydrogen) atoms. The van der Waals surface area contributed by atoms with Gasteiger partial charge in [0.2, 0.25) is 0 Å². The predicted octanol–water partition coefficient (Wildman–Crippen LogP) is 4.93. The van der Waals surface area contributed by atoms with Gasteiger partial charge in [-0.25, -0.2) is 4.79 Å². The van der Waals surface area contributed by atoms with E-state index < -0.39 is 5.97 Å². The number of fused-ring (bicyclic) bond motifs is 2. The molecule has 2 heteroatoms. The van der Waals surface area contributed by atoms with Crippen LogP contribution >= 0.6 is 0 Å². The largest absolute Gasteiger partial charge is 0.478 e. The summed E-state index contributed by atoms with van der Waals surface area (Å²) in [5, 5.41) is 8.68. The first kappa shape index (κ1) is 14.8. The molecular formula is C20H22O2. The van der Waals surface area contributed by atoms with E-state index in [1.807, 2.05) is 12.2 Å². The van der Waals surface area contributed by atoms with Gasteiger partial charge in [0.25, 0.3) is 0 Å². The van der Waals surface area contributed by atoms with Crippen molar-refractivity contribution in [2.24, 2.45) is 11.8 Å². The summed E-state index contributed by atoms with van der Waals surface area (Å²) in [4.78, 5) is 10.6. The van der Waals surface area contributed by atoms with Crippen LogP contribution in [0.2, 0.25) is 0 Å². The van der Waals surface area contributed by atoms with Crippen LogP contribution in [0.4, 0.5) is 0 Å². The van der Waals surface area contributed by atoms with Gasteiger partial charge in [-0.15, -0.1) is 0 Å². The predicted molar refractivity (Wildman–Crippen MR) is 90.3 cm³/mol. The number of carboxylic acid groups (broad SMARTS) is 1. The minimum Gasteiger partial charge on any atom is -0.478 e. The van der Waals surface area contributed by atoms with Gasteiger partial charge >= 0.3 is 5.97 Å². The van der Waals surface area contributed by atoms with Crippen LogP contribution in [0.3, 0.4) is 0 Å². The Kier molecular flexibility index (Phi) is 4.28. The Hall–Kier alpha value is -2.09. The Morgan fingerprint density at radius 3 is 2.50 bits per heavy atom. The van der Waals surface area contributed by atoms with Gasteiger partial charge in [-0.2, -0.15) is 0 Å². The number of rotatable bonds is 4. The number of hydrogen-bond acceptors (Lipinski definition) is 1. The molecule has 0 aromatic heterocycles. The van der Waals surface area contributed by atoms with E-state index in [0.717, 1.165) is 23.0 Å². The fourth-order valence-electron chi connectivity index (χ4n) is 3.66. The number of hydrogen-bond donors (Lipinski definition) is 1. The normalized spacial score (nSPS) is 26.2. The van der Waals surface area contributed by atoms with E-state index in [2.05, 4.69) is 30.3 Å². The molecule has 0 amide bonds. The van der Waals surface area contributed by atoms with Gasteiger partial charge < -0.3 is 5.11 Å². The molecule has 0 spiro atoms. The van der Waals surface area contributed by atoms with Gasteiger partial charge in [0.05, 0.1) is 0 Å². The molecule has 2 unspecified atom stereocenters. The maximum Gasteiger partial charge on any atom is 0.328 e. The van der Waals surface area contributed by atoms with E-state index in [9.17, 15) is 4.79 Å². The van der Waals surface area contributed by atoms with Gasteiger partial charge in [0, 0.05) is 6.08 Å². The lowest BCUT2D eigenvalue weighted by atomic mass is 9.93. The SMILES string of the molecule is CC(C=Cc1ccc(C=C2CC3CCC2C3)cc1)=CC(=O)O. The third-order valence-electron chi connectivity index (χ3n) is 4.77. The van der Waals surface area contributed by atoms with Gasteiger partial charge in [0.1, 0.15) is 0 Å². The Balaban J connectivity index is 1.67. The maximum absolute atomic E-state index is 10.6. The van der Waals surface area contributed by atoms with Crippen molar-refractivity contribution < 1.29 is 9.90 Å². The summed E-state index contributed by atoms with van der Waals surface area (Å²) in [6.07, 6.45) is 12.9. The molecule has 2 nitrogen and oxygen atoms in total. The van der Waals surface area contributed by atoms with Crippen molar-refractivity contribution in [1.82, 2.24) is 0 Å². The van der Waals surface area contributed by atoms with Crippen LogP contribution in [0, 0.1) is 11.8 Å². The van der Waals surface area contributed by atoms with Crippen LogP contribution < -0.4 is 0 Å². The van der Waals surface area contributed by atoms with Crippen LogP contribution in [-0.4, -0.2) is 11.1 Å². The number of benzene rings is 1. The smallest absolute Gasteiger partial charge is 0.328 e. The first-order chi connectivity index (χ1) is 10.6. The quantitative estimate of drug-likeness (QED) is 0.631. The van der Waals surface area contributed by atoms with Crippen molar-refractivity contribution in [1.29, 1.82) is 0 Å². The molecule has 2 atom stereocenters. The number of allylic oxidation sites excluding steroid dienone is 3.